The first kappa shape index (κ1) is 16.4. The van der Waals surface area contributed by atoms with E-state index < -0.39 is 15.7 Å². The molecule has 2 aliphatic carbocycles. The van der Waals surface area contributed by atoms with Crippen LogP contribution in [0.3, 0.4) is 0 Å². The van der Waals surface area contributed by atoms with Crippen molar-refractivity contribution in [2.75, 3.05) is 0 Å². The predicted molar refractivity (Wildman–Crippen MR) is 86.9 cm³/mol. The molecule has 0 radical (unpaired) electrons. The third-order valence-corrected chi connectivity index (χ3v) is 7.17. The van der Waals surface area contributed by atoms with Crippen LogP contribution in [-0.4, -0.2) is 10.3 Å². The monoisotopic (exact) mass is 396 g/mol. The lowest BCUT2D eigenvalue weighted by atomic mass is 9.73. The lowest BCUT2D eigenvalue weighted by Crippen LogP contribution is -2.47. The minimum atomic E-state index is -1.11. The molecule has 2 unspecified atom stereocenters. The topological polar surface area (TPSA) is 0 Å². The van der Waals surface area contributed by atoms with Crippen molar-refractivity contribution in [2.45, 2.75) is 17.2 Å². The van der Waals surface area contributed by atoms with Gasteiger partial charge in [0.1, 0.15) is 0 Å². The molecule has 0 N–H and O–H groups in total. The minimum Gasteiger partial charge on any atom is -0.116 e. The molecule has 2 atom stereocenters. The zero-order valence-corrected chi connectivity index (χ0v) is 14.7. The number of hydrogen-bond donors (Lipinski definition) is 0. The van der Waals surface area contributed by atoms with Crippen molar-refractivity contribution in [1.29, 1.82) is 0 Å². The predicted octanol–water partition coefficient (Wildman–Crippen LogP) is 6.66. The summed E-state index contributed by atoms with van der Waals surface area (Å²) in [7, 11) is 0. The summed E-state index contributed by atoms with van der Waals surface area (Å²) in [6, 6.07) is 0. The van der Waals surface area contributed by atoms with Gasteiger partial charge < -0.3 is 0 Å². The van der Waals surface area contributed by atoms with Crippen molar-refractivity contribution in [3.63, 3.8) is 0 Å². The zero-order chi connectivity index (χ0) is 14.6. The largest absolute Gasteiger partial charge is 0.116 e. The molecule has 0 saturated carbocycles. The van der Waals surface area contributed by atoms with Crippen LogP contribution in [-0.2, 0) is 0 Å². The van der Waals surface area contributed by atoms with E-state index >= 15 is 0 Å². The molecule has 19 heavy (non-hydrogen) atoms. The molecular formula is C12H7Cl7. The van der Waals surface area contributed by atoms with Gasteiger partial charge in [0.25, 0.3) is 0 Å². The summed E-state index contributed by atoms with van der Waals surface area (Å²) in [5, 5.41) is 0.783. The van der Waals surface area contributed by atoms with E-state index in [1.807, 2.05) is 0 Å². The quantitative estimate of drug-likeness (QED) is 0.433. The molecule has 0 aromatic rings. The van der Waals surface area contributed by atoms with Crippen LogP contribution in [0.4, 0.5) is 0 Å². The molecule has 0 heterocycles. The van der Waals surface area contributed by atoms with Crippen LogP contribution in [0.25, 0.3) is 0 Å². The molecule has 104 valence electrons. The molecule has 0 saturated heterocycles. The number of rotatable bonds is 1. The third kappa shape index (κ3) is 2.19. The third-order valence-electron chi connectivity index (χ3n) is 3.41. The normalized spacial score (nSPS) is 34.1. The Hall–Kier alpha value is 0.990. The standard InChI is InChI=1S/C12H7Cl7/c1-11(9(17)7(15)8(16)10(11)18)12(19)3-2-5(13)4-6(12)14/h2-4,6H,1H3. The Balaban J connectivity index is 2.63. The zero-order valence-electron chi connectivity index (χ0n) is 9.46. The van der Waals surface area contributed by atoms with Gasteiger partial charge in [-0.3, -0.25) is 0 Å². The number of alkyl halides is 2. The molecule has 0 nitrogen and oxygen atoms in total. The van der Waals surface area contributed by atoms with Gasteiger partial charge in [0.15, 0.2) is 0 Å². The fourth-order valence-electron chi connectivity index (χ4n) is 2.12. The van der Waals surface area contributed by atoms with Gasteiger partial charge >= 0.3 is 0 Å². The highest BCUT2D eigenvalue weighted by molar-refractivity contribution is 6.54. The summed E-state index contributed by atoms with van der Waals surface area (Å²) in [4.78, 5) is -1.11. The van der Waals surface area contributed by atoms with Crippen LogP contribution in [0, 0.1) is 5.41 Å². The van der Waals surface area contributed by atoms with E-state index in [1.165, 1.54) is 0 Å². The van der Waals surface area contributed by atoms with Gasteiger partial charge in [0.05, 0.1) is 35.8 Å². The Bertz CT molecular complexity index is 530. The lowest BCUT2D eigenvalue weighted by Gasteiger charge is -2.44. The summed E-state index contributed by atoms with van der Waals surface area (Å²) < 4.78 is 0. The van der Waals surface area contributed by atoms with Crippen LogP contribution in [0.2, 0.25) is 0 Å². The van der Waals surface area contributed by atoms with E-state index in [1.54, 1.807) is 25.2 Å². The first-order chi connectivity index (χ1) is 8.66. The second-order valence-electron chi connectivity index (χ2n) is 4.44. The molecule has 7 heteroatoms. The SMILES string of the molecule is CC1(C2(Cl)C=CC(Cl)=CC2Cl)C(Cl)=C(Cl)C(Cl)=C1Cl. The maximum atomic E-state index is 6.68. The van der Waals surface area contributed by atoms with Gasteiger partial charge in [-0.2, -0.15) is 0 Å². The van der Waals surface area contributed by atoms with Gasteiger partial charge in [-0.05, 0) is 19.1 Å². The summed E-state index contributed by atoms with van der Waals surface area (Å²) in [5.41, 5.74) is -1.01. The van der Waals surface area contributed by atoms with E-state index in [-0.39, 0.29) is 20.1 Å². The molecule has 0 spiro atoms. The summed E-state index contributed by atoms with van der Waals surface area (Å²) in [6.45, 7) is 1.75. The van der Waals surface area contributed by atoms with Crippen LogP contribution in [0.5, 0.6) is 0 Å². The van der Waals surface area contributed by atoms with Gasteiger partial charge in [-0.15, -0.1) is 23.2 Å². The highest BCUT2D eigenvalue weighted by atomic mass is 35.5. The van der Waals surface area contributed by atoms with Crippen molar-refractivity contribution in [2.24, 2.45) is 5.41 Å². The first-order valence-corrected chi connectivity index (χ1v) is 7.88. The van der Waals surface area contributed by atoms with Gasteiger partial charge in [-0.1, -0.05) is 64.1 Å². The fourth-order valence-corrected chi connectivity index (χ4v) is 4.61. The maximum Gasteiger partial charge on any atom is 0.0980 e. The molecule has 2 rings (SSSR count). The van der Waals surface area contributed by atoms with Crippen molar-refractivity contribution < 1.29 is 0 Å². The minimum absolute atomic E-state index is 0.189. The highest BCUT2D eigenvalue weighted by Crippen LogP contribution is 2.63. The molecule has 0 fully saturated rings. The lowest BCUT2D eigenvalue weighted by molar-refractivity contribution is 0.417. The van der Waals surface area contributed by atoms with E-state index in [0.717, 1.165) is 0 Å². The van der Waals surface area contributed by atoms with Crippen LogP contribution >= 0.6 is 81.2 Å². The molecule has 0 bridgehead atoms. The maximum absolute atomic E-state index is 6.68. The van der Waals surface area contributed by atoms with Crippen LogP contribution < -0.4 is 0 Å². The Morgan fingerprint density at radius 1 is 1.00 bits per heavy atom. The Labute approximate surface area is 146 Å². The van der Waals surface area contributed by atoms with Crippen LogP contribution in [0.1, 0.15) is 6.92 Å². The van der Waals surface area contributed by atoms with Gasteiger partial charge in [-0.25, -0.2) is 0 Å². The average molecular weight is 399 g/mol. The molecule has 0 aromatic heterocycles. The van der Waals surface area contributed by atoms with E-state index in [9.17, 15) is 0 Å². The van der Waals surface area contributed by atoms with E-state index in [0.29, 0.717) is 5.03 Å². The fraction of sp³-hybridized carbons (Fsp3) is 0.333. The van der Waals surface area contributed by atoms with Crippen molar-refractivity contribution >= 4 is 81.2 Å². The summed E-state index contributed by atoms with van der Waals surface area (Å²) in [5.74, 6) is 0. The first-order valence-electron chi connectivity index (χ1n) is 5.17. The van der Waals surface area contributed by atoms with Crippen molar-refractivity contribution in [3.8, 4) is 0 Å². The second-order valence-corrected chi connectivity index (χ2v) is 7.48. The number of halogens is 7. The Morgan fingerprint density at radius 2 is 1.47 bits per heavy atom. The summed E-state index contributed by atoms with van der Waals surface area (Å²) in [6.07, 6.45) is 4.93. The molecular weight excluding hydrogens is 392 g/mol. The van der Waals surface area contributed by atoms with Crippen molar-refractivity contribution in [3.05, 3.63) is 43.4 Å². The molecule has 2 aliphatic rings. The average Bonchev–Trinajstić information content (AvgIpc) is 2.51. The van der Waals surface area contributed by atoms with E-state index in [2.05, 4.69) is 0 Å². The Morgan fingerprint density at radius 3 is 1.89 bits per heavy atom. The smallest absolute Gasteiger partial charge is 0.0980 e. The second kappa shape index (κ2) is 5.32. The molecule has 0 aromatic carbocycles. The molecule has 0 amide bonds. The van der Waals surface area contributed by atoms with Crippen LogP contribution in [0.15, 0.2) is 43.4 Å². The van der Waals surface area contributed by atoms with Gasteiger partial charge in [0, 0.05) is 5.03 Å². The Kier molecular flexibility index (Phi) is 4.58. The summed E-state index contributed by atoms with van der Waals surface area (Å²) >= 11 is 43.6. The molecule has 0 aliphatic heterocycles. The number of allylic oxidation sites excluding steroid dienone is 8. The van der Waals surface area contributed by atoms with Gasteiger partial charge in [0.2, 0.25) is 0 Å². The highest BCUT2D eigenvalue weighted by Gasteiger charge is 2.58. The van der Waals surface area contributed by atoms with Crippen molar-refractivity contribution in [1.82, 2.24) is 0 Å². The number of hydrogen-bond acceptors (Lipinski definition) is 0. The van der Waals surface area contributed by atoms with E-state index in [4.69, 9.17) is 81.2 Å².